The number of nitrogens with zero attached hydrogens (tertiary/aromatic N) is 1. The molecule has 6 heteroatoms. The maximum absolute atomic E-state index is 12.5. The highest BCUT2D eigenvalue weighted by molar-refractivity contribution is 7.89. The van der Waals surface area contributed by atoms with Crippen LogP contribution in [0.1, 0.15) is 11.1 Å². The van der Waals surface area contributed by atoms with Crippen LogP contribution in [0.25, 0.3) is 0 Å². The molecule has 0 amide bonds. The molecular formula is C14H14N2O3S. The van der Waals surface area contributed by atoms with Gasteiger partial charge in [0.1, 0.15) is 0 Å². The van der Waals surface area contributed by atoms with E-state index in [4.69, 9.17) is 0 Å². The Hall–Kier alpha value is -1.92. The van der Waals surface area contributed by atoms with Crippen molar-refractivity contribution in [3.63, 3.8) is 0 Å². The number of hydrogen-bond acceptors (Lipinski definition) is 3. The lowest BCUT2D eigenvalue weighted by atomic mass is 10.0. The van der Waals surface area contributed by atoms with Gasteiger partial charge in [0, 0.05) is 25.4 Å². The van der Waals surface area contributed by atoms with E-state index in [1.165, 1.54) is 28.2 Å². The zero-order valence-electron chi connectivity index (χ0n) is 10.7. The Kier molecular flexibility index (Phi) is 3.19. The SMILES string of the molecule is O=c1ccc(S(=O)(=O)N2CCc3ccccc3C2)c[nH]1. The van der Waals surface area contributed by atoms with Crippen LogP contribution in [-0.4, -0.2) is 24.3 Å². The van der Waals surface area contributed by atoms with E-state index in [1.807, 2.05) is 24.3 Å². The maximum Gasteiger partial charge on any atom is 0.247 e. The van der Waals surface area contributed by atoms with E-state index in [0.29, 0.717) is 19.5 Å². The molecule has 0 saturated carbocycles. The van der Waals surface area contributed by atoms with Crippen molar-refractivity contribution in [2.45, 2.75) is 17.9 Å². The topological polar surface area (TPSA) is 70.2 Å². The molecule has 3 rings (SSSR count). The van der Waals surface area contributed by atoms with Gasteiger partial charge in [-0.1, -0.05) is 24.3 Å². The van der Waals surface area contributed by atoms with Crippen LogP contribution in [-0.2, 0) is 23.0 Å². The summed E-state index contributed by atoms with van der Waals surface area (Å²) in [4.78, 5) is 13.5. The van der Waals surface area contributed by atoms with Crippen LogP contribution in [0.15, 0.2) is 52.3 Å². The highest BCUT2D eigenvalue weighted by Gasteiger charge is 2.28. The van der Waals surface area contributed by atoms with Crippen molar-refractivity contribution >= 4 is 10.0 Å². The first-order chi connectivity index (χ1) is 9.57. The molecule has 1 aromatic carbocycles. The molecule has 0 atom stereocenters. The number of aromatic amines is 1. The van der Waals surface area contributed by atoms with Crippen LogP contribution in [0, 0.1) is 0 Å². The number of rotatable bonds is 2. The molecule has 104 valence electrons. The summed E-state index contributed by atoms with van der Waals surface area (Å²) in [5.41, 5.74) is 1.92. The monoisotopic (exact) mass is 290 g/mol. The standard InChI is InChI=1S/C14H14N2O3S/c17-14-6-5-13(9-15-14)20(18,19)16-8-7-11-3-1-2-4-12(11)10-16/h1-6,9H,7-8,10H2,(H,15,17). The highest BCUT2D eigenvalue weighted by atomic mass is 32.2. The Labute approximate surface area is 116 Å². The molecule has 0 fully saturated rings. The molecule has 1 aromatic heterocycles. The van der Waals surface area contributed by atoms with Gasteiger partial charge in [0.25, 0.3) is 0 Å². The zero-order chi connectivity index (χ0) is 14.2. The summed E-state index contributed by atoms with van der Waals surface area (Å²) in [6, 6.07) is 10.4. The lowest BCUT2D eigenvalue weighted by molar-refractivity contribution is 0.391. The Morgan fingerprint density at radius 1 is 1.05 bits per heavy atom. The molecule has 2 heterocycles. The van der Waals surface area contributed by atoms with Gasteiger partial charge in [0.05, 0.1) is 4.90 Å². The number of nitrogens with one attached hydrogen (secondary N) is 1. The largest absolute Gasteiger partial charge is 0.328 e. The average molecular weight is 290 g/mol. The molecule has 0 radical (unpaired) electrons. The summed E-state index contributed by atoms with van der Waals surface area (Å²) < 4.78 is 26.5. The number of H-pyrrole nitrogens is 1. The van der Waals surface area contributed by atoms with Crippen LogP contribution in [0.4, 0.5) is 0 Å². The van der Waals surface area contributed by atoms with Crippen LogP contribution in [0.5, 0.6) is 0 Å². The van der Waals surface area contributed by atoms with E-state index < -0.39 is 10.0 Å². The summed E-state index contributed by atoms with van der Waals surface area (Å²) in [7, 11) is -3.56. The summed E-state index contributed by atoms with van der Waals surface area (Å²) in [6.07, 6.45) is 1.96. The average Bonchev–Trinajstić information content (AvgIpc) is 2.47. The molecule has 2 aromatic rings. The second kappa shape index (κ2) is 4.88. The Morgan fingerprint density at radius 3 is 2.50 bits per heavy atom. The smallest absolute Gasteiger partial charge is 0.247 e. The van der Waals surface area contributed by atoms with Crippen molar-refractivity contribution in [3.8, 4) is 0 Å². The first kappa shape index (κ1) is 13.1. The molecule has 0 unspecified atom stereocenters. The summed E-state index contributed by atoms with van der Waals surface area (Å²) in [6.45, 7) is 0.829. The molecule has 0 saturated heterocycles. The summed E-state index contributed by atoms with van der Waals surface area (Å²) in [5.74, 6) is 0. The fraction of sp³-hybridized carbons (Fsp3) is 0.214. The maximum atomic E-state index is 12.5. The van der Waals surface area contributed by atoms with E-state index in [1.54, 1.807) is 0 Å². The lowest BCUT2D eigenvalue weighted by Crippen LogP contribution is -2.36. The minimum absolute atomic E-state index is 0.122. The fourth-order valence-corrected chi connectivity index (χ4v) is 3.77. The van der Waals surface area contributed by atoms with E-state index in [0.717, 1.165) is 5.56 Å². The summed E-state index contributed by atoms with van der Waals surface area (Å²) in [5, 5.41) is 0. The Morgan fingerprint density at radius 2 is 1.80 bits per heavy atom. The van der Waals surface area contributed by atoms with Crippen molar-refractivity contribution in [2.24, 2.45) is 0 Å². The number of benzene rings is 1. The predicted molar refractivity (Wildman–Crippen MR) is 74.8 cm³/mol. The Bertz CT molecular complexity index is 776. The lowest BCUT2D eigenvalue weighted by Gasteiger charge is -2.27. The predicted octanol–water partition coefficient (Wildman–Crippen LogP) is 1.12. The van der Waals surface area contributed by atoms with E-state index in [9.17, 15) is 13.2 Å². The van der Waals surface area contributed by atoms with Crippen molar-refractivity contribution < 1.29 is 8.42 Å². The Balaban J connectivity index is 1.94. The first-order valence-corrected chi connectivity index (χ1v) is 7.77. The van der Waals surface area contributed by atoms with Gasteiger partial charge in [-0.15, -0.1) is 0 Å². The van der Waals surface area contributed by atoms with Crippen LogP contribution >= 0.6 is 0 Å². The van der Waals surface area contributed by atoms with Crippen LogP contribution in [0.2, 0.25) is 0 Å². The molecule has 1 N–H and O–H groups in total. The van der Waals surface area contributed by atoms with Gasteiger partial charge >= 0.3 is 0 Å². The van der Waals surface area contributed by atoms with E-state index in [-0.39, 0.29) is 10.5 Å². The molecule has 1 aliphatic rings. The molecule has 5 nitrogen and oxygen atoms in total. The second-order valence-electron chi connectivity index (χ2n) is 4.75. The summed E-state index contributed by atoms with van der Waals surface area (Å²) >= 11 is 0. The molecule has 0 bridgehead atoms. The van der Waals surface area contributed by atoms with Gasteiger partial charge in [0.2, 0.25) is 15.6 Å². The third kappa shape index (κ3) is 2.28. The molecule has 1 aliphatic heterocycles. The molecular weight excluding hydrogens is 276 g/mol. The quantitative estimate of drug-likeness (QED) is 0.901. The third-order valence-electron chi connectivity index (χ3n) is 3.49. The second-order valence-corrected chi connectivity index (χ2v) is 6.68. The van der Waals surface area contributed by atoms with Gasteiger partial charge in [0.15, 0.2) is 0 Å². The van der Waals surface area contributed by atoms with Crippen molar-refractivity contribution in [1.82, 2.24) is 9.29 Å². The van der Waals surface area contributed by atoms with Gasteiger partial charge in [-0.05, 0) is 23.6 Å². The van der Waals surface area contributed by atoms with Crippen molar-refractivity contribution in [3.05, 3.63) is 64.1 Å². The fourth-order valence-electron chi connectivity index (χ4n) is 2.38. The molecule has 20 heavy (non-hydrogen) atoms. The van der Waals surface area contributed by atoms with E-state index >= 15 is 0 Å². The number of fused-ring (bicyclic) bond motifs is 1. The van der Waals surface area contributed by atoms with Gasteiger partial charge < -0.3 is 4.98 Å². The van der Waals surface area contributed by atoms with Gasteiger partial charge in [-0.25, -0.2) is 8.42 Å². The number of hydrogen-bond donors (Lipinski definition) is 1. The van der Waals surface area contributed by atoms with Crippen molar-refractivity contribution in [2.75, 3.05) is 6.54 Å². The van der Waals surface area contributed by atoms with Crippen LogP contribution < -0.4 is 5.56 Å². The molecule has 0 aliphatic carbocycles. The number of aromatic nitrogens is 1. The van der Waals surface area contributed by atoms with E-state index in [2.05, 4.69) is 4.98 Å². The first-order valence-electron chi connectivity index (χ1n) is 6.33. The van der Waals surface area contributed by atoms with Crippen LogP contribution in [0.3, 0.4) is 0 Å². The van der Waals surface area contributed by atoms with Gasteiger partial charge in [-0.2, -0.15) is 4.31 Å². The number of sulfonamides is 1. The normalized spacial score (nSPS) is 15.8. The highest BCUT2D eigenvalue weighted by Crippen LogP contribution is 2.23. The minimum atomic E-state index is -3.56. The minimum Gasteiger partial charge on any atom is -0.328 e. The third-order valence-corrected chi connectivity index (χ3v) is 5.33. The zero-order valence-corrected chi connectivity index (χ0v) is 11.6. The number of pyridine rings is 1. The van der Waals surface area contributed by atoms with Gasteiger partial charge in [-0.3, -0.25) is 4.79 Å². The van der Waals surface area contributed by atoms with Crippen molar-refractivity contribution in [1.29, 1.82) is 0 Å². The molecule has 0 spiro atoms.